The molecule has 1 aliphatic rings. The van der Waals surface area contributed by atoms with Gasteiger partial charge in [0.15, 0.2) is 5.76 Å². The van der Waals surface area contributed by atoms with E-state index >= 15 is 0 Å². The third-order valence-corrected chi connectivity index (χ3v) is 6.32. The van der Waals surface area contributed by atoms with Gasteiger partial charge in [-0.3, -0.25) is 4.79 Å². The van der Waals surface area contributed by atoms with Gasteiger partial charge in [-0.15, -0.1) is 11.8 Å². The van der Waals surface area contributed by atoms with Crippen molar-refractivity contribution >= 4 is 28.6 Å². The van der Waals surface area contributed by atoms with Crippen LogP contribution in [-0.2, 0) is 5.75 Å². The Morgan fingerprint density at radius 3 is 2.61 bits per heavy atom. The van der Waals surface area contributed by atoms with Gasteiger partial charge < -0.3 is 14.6 Å². The number of likely N-dealkylation sites (tertiary alicyclic amines) is 1. The van der Waals surface area contributed by atoms with Crippen LogP contribution in [0.1, 0.15) is 29.0 Å². The number of carbonyl (C=O) groups is 1. The molecule has 2 heterocycles. The van der Waals surface area contributed by atoms with Crippen molar-refractivity contribution < 1.29 is 13.6 Å². The number of halogens is 1. The van der Waals surface area contributed by atoms with Crippen LogP contribution in [0.4, 0.5) is 4.39 Å². The van der Waals surface area contributed by atoms with Crippen LogP contribution >= 0.6 is 11.8 Å². The van der Waals surface area contributed by atoms with Gasteiger partial charge in [0.1, 0.15) is 11.4 Å². The van der Waals surface area contributed by atoms with Gasteiger partial charge in [-0.1, -0.05) is 18.2 Å². The number of piperidine rings is 1. The molecule has 3 aromatic rings. The molecule has 1 aliphatic heterocycles. The fourth-order valence-corrected chi connectivity index (χ4v) is 4.54. The second-order valence-electron chi connectivity index (χ2n) is 7.00. The Morgan fingerprint density at radius 1 is 1.18 bits per heavy atom. The molecule has 0 atom stereocenters. The zero-order valence-corrected chi connectivity index (χ0v) is 16.6. The second-order valence-corrected chi connectivity index (χ2v) is 8.05. The van der Waals surface area contributed by atoms with Crippen LogP contribution in [-0.4, -0.2) is 37.0 Å². The molecule has 4 nitrogen and oxygen atoms in total. The van der Waals surface area contributed by atoms with Gasteiger partial charge in [0.25, 0.3) is 5.91 Å². The first kappa shape index (κ1) is 19.0. The van der Waals surface area contributed by atoms with Gasteiger partial charge in [0.05, 0.1) is 0 Å². The molecular weight excluding hydrogens is 375 g/mol. The van der Waals surface area contributed by atoms with Gasteiger partial charge in [-0.25, -0.2) is 4.39 Å². The zero-order valence-electron chi connectivity index (χ0n) is 15.8. The summed E-state index contributed by atoms with van der Waals surface area (Å²) in [6.45, 7) is 1.46. The van der Waals surface area contributed by atoms with E-state index in [1.165, 1.54) is 12.1 Å². The maximum absolute atomic E-state index is 13.2. The number of furan rings is 1. The van der Waals surface area contributed by atoms with E-state index < -0.39 is 0 Å². The lowest BCUT2D eigenvalue weighted by Gasteiger charge is -2.31. The number of carbonyl (C=O) groups excluding carboxylic acids is 1. The number of benzene rings is 2. The highest BCUT2D eigenvalue weighted by molar-refractivity contribution is 7.98. The Labute approximate surface area is 168 Å². The van der Waals surface area contributed by atoms with Crippen molar-refractivity contribution in [1.82, 2.24) is 10.2 Å². The molecule has 0 radical (unpaired) electrons. The van der Waals surface area contributed by atoms with E-state index in [1.807, 2.05) is 36.2 Å². The molecule has 28 heavy (non-hydrogen) atoms. The molecule has 2 aromatic carbocycles. The standard InChI is InChI=1S/C22H23FN2O2S/c1-24-16-10-12-25(13-11-16)22(26)21-19(18-4-2-3-5-20(18)27-21)14-28-17-8-6-15(23)7-9-17/h2-9,16,24H,10-14H2,1H3. The number of hydrogen-bond acceptors (Lipinski definition) is 4. The number of nitrogens with zero attached hydrogens (tertiary/aromatic N) is 1. The van der Waals surface area contributed by atoms with Crippen molar-refractivity contribution in [3.05, 3.63) is 65.7 Å². The van der Waals surface area contributed by atoms with Gasteiger partial charge in [-0.2, -0.15) is 0 Å². The number of rotatable bonds is 5. The van der Waals surface area contributed by atoms with E-state index in [9.17, 15) is 9.18 Å². The molecule has 146 valence electrons. The molecule has 4 rings (SSSR count). The summed E-state index contributed by atoms with van der Waals surface area (Å²) in [5.74, 6) is 0.731. The van der Waals surface area contributed by atoms with E-state index in [4.69, 9.17) is 4.42 Å². The average Bonchev–Trinajstić information content (AvgIpc) is 3.11. The van der Waals surface area contributed by atoms with E-state index in [0.717, 1.165) is 47.4 Å². The maximum Gasteiger partial charge on any atom is 0.289 e. The highest BCUT2D eigenvalue weighted by Crippen LogP contribution is 2.33. The summed E-state index contributed by atoms with van der Waals surface area (Å²) in [6.07, 6.45) is 1.89. The first-order valence-corrected chi connectivity index (χ1v) is 10.5. The monoisotopic (exact) mass is 398 g/mol. The van der Waals surface area contributed by atoms with Crippen molar-refractivity contribution in [1.29, 1.82) is 0 Å². The molecule has 0 unspecified atom stereocenters. The third kappa shape index (κ3) is 3.93. The Balaban J connectivity index is 1.59. The minimum Gasteiger partial charge on any atom is -0.451 e. The summed E-state index contributed by atoms with van der Waals surface area (Å²) < 4.78 is 19.2. The minimum atomic E-state index is -0.251. The minimum absolute atomic E-state index is 0.0412. The topological polar surface area (TPSA) is 45.5 Å². The van der Waals surface area contributed by atoms with Crippen LogP contribution in [0.15, 0.2) is 57.8 Å². The number of para-hydroxylation sites is 1. The molecule has 0 spiro atoms. The smallest absolute Gasteiger partial charge is 0.289 e. The normalized spacial score (nSPS) is 15.3. The van der Waals surface area contributed by atoms with Gasteiger partial charge in [-0.05, 0) is 50.2 Å². The number of nitrogens with one attached hydrogen (secondary N) is 1. The van der Waals surface area contributed by atoms with Crippen LogP contribution in [0.5, 0.6) is 0 Å². The van der Waals surface area contributed by atoms with Crippen molar-refractivity contribution in [3.63, 3.8) is 0 Å². The summed E-state index contributed by atoms with van der Waals surface area (Å²) in [7, 11) is 1.96. The summed E-state index contributed by atoms with van der Waals surface area (Å²) in [4.78, 5) is 16.0. The average molecular weight is 399 g/mol. The largest absolute Gasteiger partial charge is 0.451 e. The first-order chi connectivity index (χ1) is 13.7. The van der Waals surface area contributed by atoms with Crippen LogP contribution in [0.25, 0.3) is 11.0 Å². The molecule has 6 heteroatoms. The lowest BCUT2D eigenvalue weighted by atomic mass is 10.0. The summed E-state index contributed by atoms with van der Waals surface area (Å²) in [5, 5.41) is 4.25. The van der Waals surface area contributed by atoms with Crippen molar-refractivity contribution in [2.45, 2.75) is 29.5 Å². The predicted molar refractivity (Wildman–Crippen MR) is 110 cm³/mol. The number of hydrogen-bond donors (Lipinski definition) is 1. The van der Waals surface area contributed by atoms with Crippen LogP contribution in [0, 0.1) is 5.82 Å². The van der Waals surface area contributed by atoms with E-state index in [0.29, 0.717) is 17.6 Å². The Kier molecular flexibility index (Phi) is 5.69. The molecule has 0 aliphatic carbocycles. The van der Waals surface area contributed by atoms with E-state index in [-0.39, 0.29) is 11.7 Å². The summed E-state index contributed by atoms with van der Waals surface area (Å²) in [6, 6.07) is 14.6. The van der Waals surface area contributed by atoms with Crippen molar-refractivity contribution in [3.8, 4) is 0 Å². The summed E-state index contributed by atoms with van der Waals surface area (Å²) in [5.41, 5.74) is 1.64. The SMILES string of the molecule is CNC1CCN(C(=O)c2oc3ccccc3c2CSc2ccc(F)cc2)CC1. The molecule has 1 saturated heterocycles. The lowest BCUT2D eigenvalue weighted by Crippen LogP contribution is -2.44. The fourth-order valence-electron chi connectivity index (χ4n) is 3.62. The Hall–Kier alpha value is -2.31. The zero-order chi connectivity index (χ0) is 19.5. The fraction of sp³-hybridized carbons (Fsp3) is 0.318. The van der Waals surface area contributed by atoms with Crippen LogP contribution in [0.3, 0.4) is 0 Å². The van der Waals surface area contributed by atoms with E-state index in [1.54, 1.807) is 23.9 Å². The highest BCUT2D eigenvalue weighted by atomic mass is 32.2. The quantitative estimate of drug-likeness (QED) is 0.634. The van der Waals surface area contributed by atoms with Gasteiger partial charge in [0, 0.05) is 40.7 Å². The molecule has 1 fully saturated rings. The second kappa shape index (κ2) is 8.37. The van der Waals surface area contributed by atoms with Crippen LogP contribution < -0.4 is 5.32 Å². The maximum atomic E-state index is 13.2. The number of amides is 1. The third-order valence-electron chi connectivity index (χ3n) is 5.28. The van der Waals surface area contributed by atoms with Crippen molar-refractivity contribution in [2.75, 3.05) is 20.1 Å². The number of fused-ring (bicyclic) bond motifs is 1. The number of thioether (sulfide) groups is 1. The molecular formula is C22H23FN2O2S. The van der Waals surface area contributed by atoms with Gasteiger partial charge >= 0.3 is 0 Å². The first-order valence-electron chi connectivity index (χ1n) is 9.51. The van der Waals surface area contributed by atoms with Crippen LogP contribution in [0.2, 0.25) is 0 Å². The molecule has 1 N–H and O–H groups in total. The lowest BCUT2D eigenvalue weighted by molar-refractivity contribution is 0.0676. The highest BCUT2D eigenvalue weighted by Gasteiger charge is 2.28. The predicted octanol–water partition coefficient (Wildman–Crippen LogP) is 4.69. The van der Waals surface area contributed by atoms with E-state index in [2.05, 4.69) is 5.32 Å². The Morgan fingerprint density at radius 2 is 1.89 bits per heavy atom. The van der Waals surface area contributed by atoms with Gasteiger partial charge in [0.2, 0.25) is 0 Å². The molecule has 0 saturated carbocycles. The molecule has 0 bridgehead atoms. The van der Waals surface area contributed by atoms with Crippen molar-refractivity contribution in [2.24, 2.45) is 0 Å². The molecule has 1 aromatic heterocycles. The molecule has 1 amide bonds. The summed E-state index contributed by atoms with van der Waals surface area (Å²) >= 11 is 1.58. The Bertz CT molecular complexity index is 962.